The standard InChI is InChI=1S/C16H17BrClNO3S/c1-3-22-15-8-7-14(18)10-16(15)23(20,21)19-11(2)12-5-4-6-13(17)9-12/h4-11,19H,3H2,1-2H3. The molecule has 0 aliphatic rings. The molecule has 0 spiro atoms. The first kappa shape index (κ1) is 18.3. The molecule has 0 aromatic heterocycles. The highest BCUT2D eigenvalue weighted by Gasteiger charge is 2.23. The van der Waals surface area contributed by atoms with Gasteiger partial charge in [-0.2, -0.15) is 0 Å². The van der Waals surface area contributed by atoms with Gasteiger partial charge in [0.25, 0.3) is 0 Å². The number of hydrogen-bond acceptors (Lipinski definition) is 3. The van der Waals surface area contributed by atoms with Crippen LogP contribution in [-0.4, -0.2) is 15.0 Å². The lowest BCUT2D eigenvalue weighted by Crippen LogP contribution is -2.27. The van der Waals surface area contributed by atoms with Crippen LogP contribution in [0.4, 0.5) is 0 Å². The van der Waals surface area contributed by atoms with E-state index in [1.165, 1.54) is 6.07 Å². The SMILES string of the molecule is CCOc1ccc(Cl)cc1S(=O)(=O)NC(C)c1cccc(Br)c1. The molecule has 2 aromatic rings. The van der Waals surface area contributed by atoms with Gasteiger partial charge < -0.3 is 4.74 Å². The van der Waals surface area contributed by atoms with Crippen molar-refractivity contribution in [1.29, 1.82) is 0 Å². The third-order valence-corrected chi connectivity index (χ3v) is 5.47. The molecule has 1 N–H and O–H groups in total. The third kappa shape index (κ3) is 4.70. The predicted molar refractivity (Wildman–Crippen MR) is 95.5 cm³/mol. The molecule has 0 aliphatic heterocycles. The largest absolute Gasteiger partial charge is 0.492 e. The average Bonchev–Trinajstić information content (AvgIpc) is 2.49. The number of benzene rings is 2. The first-order valence-electron chi connectivity index (χ1n) is 7.03. The Labute approximate surface area is 150 Å². The summed E-state index contributed by atoms with van der Waals surface area (Å²) in [5.41, 5.74) is 0.850. The number of hydrogen-bond donors (Lipinski definition) is 1. The summed E-state index contributed by atoms with van der Waals surface area (Å²) in [6.07, 6.45) is 0. The Bertz CT molecular complexity index is 796. The van der Waals surface area contributed by atoms with Gasteiger partial charge >= 0.3 is 0 Å². The van der Waals surface area contributed by atoms with Crippen LogP contribution in [0, 0.1) is 0 Å². The van der Waals surface area contributed by atoms with Gasteiger partial charge in [-0.25, -0.2) is 13.1 Å². The van der Waals surface area contributed by atoms with Gasteiger partial charge in [0.2, 0.25) is 10.0 Å². The van der Waals surface area contributed by atoms with Gasteiger partial charge in [0.05, 0.1) is 6.61 Å². The van der Waals surface area contributed by atoms with Crippen molar-refractivity contribution in [3.8, 4) is 5.75 Å². The second-order valence-corrected chi connectivity index (χ2v) is 7.96. The molecule has 0 heterocycles. The molecule has 124 valence electrons. The average molecular weight is 419 g/mol. The third-order valence-electron chi connectivity index (χ3n) is 3.18. The number of sulfonamides is 1. The van der Waals surface area contributed by atoms with E-state index in [9.17, 15) is 8.42 Å². The van der Waals surface area contributed by atoms with Gasteiger partial charge in [-0.15, -0.1) is 0 Å². The zero-order chi connectivity index (χ0) is 17.0. The second-order valence-electron chi connectivity index (χ2n) is 4.92. The second kappa shape index (κ2) is 7.66. The Morgan fingerprint density at radius 1 is 1.26 bits per heavy atom. The Kier molecular flexibility index (Phi) is 6.08. The maximum absolute atomic E-state index is 12.7. The van der Waals surface area contributed by atoms with Gasteiger partial charge in [0.15, 0.2) is 0 Å². The Morgan fingerprint density at radius 3 is 2.65 bits per heavy atom. The number of rotatable bonds is 6. The van der Waals surface area contributed by atoms with E-state index in [1.807, 2.05) is 24.3 Å². The van der Waals surface area contributed by atoms with Crippen LogP contribution in [-0.2, 0) is 10.0 Å². The first-order chi connectivity index (χ1) is 10.8. The van der Waals surface area contributed by atoms with Crippen LogP contribution in [0.3, 0.4) is 0 Å². The Hall–Kier alpha value is -1.08. The number of nitrogens with one attached hydrogen (secondary N) is 1. The summed E-state index contributed by atoms with van der Waals surface area (Å²) in [7, 11) is -3.77. The van der Waals surface area contributed by atoms with Gasteiger partial charge in [-0.3, -0.25) is 0 Å². The van der Waals surface area contributed by atoms with Crippen LogP contribution in [0.1, 0.15) is 25.5 Å². The molecule has 23 heavy (non-hydrogen) atoms. The van der Waals surface area contributed by atoms with Gasteiger partial charge in [-0.05, 0) is 49.7 Å². The quantitative estimate of drug-likeness (QED) is 0.749. The molecule has 0 amide bonds. The van der Waals surface area contributed by atoms with Crippen LogP contribution in [0.2, 0.25) is 5.02 Å². The van der Waals surface area contributed by atoms with Crippen molar-refractivity contribution < 1.29 is 13.2 Å². The molecular weight excluding hydrogens is 402 g/mol. The maximum Gasteiger partial charge on any atom is 0.244 e. The molecular formula is C16H17BrClNO3S. The molecule has 0 fully saturated rings. The van der Waals surface area contributed by atoms with E-state index in [-0.39, 0.29) is 10.6 Å². The highest BCUT2D eigenvalue weighted by molar-refractivity contribution is 9.10. The van der Waals surface area contributed by atoms with Crippen molar-refractivity contribution in [2.24, 2.45) is 0 Å². The Morgan fingerprint density at radius 2 is 2.00 bits per heavy atom. The summed E-state index contributed by atoms with van der Waals surface area (Å²) in [6.45, 7) is 3.94. The molecule has 7 heteroatoms. The van der Waals surface area contributed by atoms with Gasteiger partial charge in [0.1, 0.15) is 10.6 Å². The molecule has 2 rings (SSSR count). The molecule has 4 nitrogen and oxygen atoms in total. The van der Waals surface area contributed by atoms with E-state index < -0.39 is 16.1 Å². The predicted octanol–water partition coefficient (Wildman–Crippen LogP) is 4.54. The molecule has 0 radical (unpaired) electrons. The number of halogens is 2. The van der Waals surface area contributed by atoms with Crippen LogP contribution in [0.25, 0.3) is 0 Å². The fraction of sp³-hybridized carbons (Fsp3) is 0.250. The van der Waals surface area contributed by atoms with Crippen molar-refractivity contribution in [2.45, 2.75) is 24.8 Å². The van der Waals surface area contributed by atoms with E-state index >= 15 is 0 Å². The lowest BCUT2D eigenvalue weighted by atomic mass is 10.1. The van der Waals surface area contributed by atoms with Gasteiger partial charge in [0, 0.05) is 15.5 Å². The lowest BCUT2D eigenvalue weighted by molar-refractivity contribution is 0.331. The summed E-state index contributed by atoms with van der Waals surface area (Å²) in [6, 6.07) is 11.6. The van der Waals surface area contributed by atoms with Crippen LogP contribution in [0.5, 0.6) is 5.75 Å². The van der Waals surface area contributed by atoms with Crippen molar-refractivity contribution in [3.63, 3.8) is 0 Å². The zero-order valence-electron chi connectivity index (χ0n) is 12.7. The highest BCUT2D eigenvalue weighted by Crippen LogP contribution is 2.29. The molecule has 0 bridgehead atoms. The smallest absolute Gasteiger partial charge is 0.244 e. The fourth-order valence-corrected chi connectivity index (χ4v) is 4.16. The highest BCUT2D eigenvalue weighted by atomic mass is 79.9. The van der Waals surface area contributed by atoms with Crippen molar-refractivity contribution in [1.82, 2.24) is 4.72 Å². The molecule has 0 saturated carbocycles. The van der Waals surface area contributed by atoms with Crippen LogP contribution in [0.15, 0.2) is 51.8 Å². The van der Waals surface area contributed by atoms with Crippen LogP contribution >= 0.6 is 27.5 Å². The summed E-state index contributed by atoms with van der Waals surface area (Å²) in [4.78, 5) is 0.0358. The molecule has 0 aliphatic carbocycles. The normalized spacial score (nSPS) is 12.9. The zero-order valence-corrected chi connectivity index (χ0v) is 15.9. The monoisotopic (exact) mass is 417 g/mol. The summed E-state index contributed by atoms with van der Waals surface area (Å²) >= 11 is 9.33. The van der Waals surface area contributed by atoms with Gasteiger partial charge in [-0.1, -0.05) is 39.7 Å². The minimum Gasteiger partial charge on any atom is -0.492 e. The minimum atomic E-state index is -3.77. The van der Waals surface area contributed by atoms with E-state index in [1.54, 1.807) is 26.0 Å². The summed E-state index contributed by atoms with van der Waals surface area (Å²) in [5, 5.41) is 0.337. The summed E-state index contributed by atoms with van der Waals surface area (Å²) < 4.78 is 34.3. The van der Waals surface area contributed by atoms with Crippen molar-refractivity contribution >= 4 is 37.6 Å². The maximum atomic E-state index is 12.7. The van der Waals surface area contributed by atoms with E-state index in [2.05, 4.69) is 20.7 Å². The molecule has 2 aromatic carbocycles. The molecule has 0 saturated heterocycles. The van der Waals surface area contributed by atoms with Crippen molar-refractivity contribution in [2.75, 3.05) is 6.61 Å². The van der Waals surface area contributed by atoms with E-state index in [0.29, 0.717) is 11.6 Å². The topological polar surface area (TPSA) is 55.4 Å². The summed E-state index contributed by atoms with van der Waals surface area (Å²) in [5.74, 6) is 0.283. The Balaban J connectivity index is 2.33. The molecule has 1 unspecified atom stereocenters. The fourth-order valence-electron chi connectivity index (χ4n) is 2.11. The number of ether oxygens (including phenoxy) is 1. The van der Waals surface area contributed by atoms with Crippen molar-refractivity contribution in [3.05, 3.63) is 57.5 Å². The van der Waals surface area contributed by atoms with E-state index in [0.717, 1.165) is 10.0 Å². The van der Waals surface area contributed by atoms with E-state index in [4.69, 9.17) is 16.3 Å². The minimum absolute atomic E-state index is 0.0358. The first-order valence-corrected chi connectivity index (χ1v) is 9.69. The molecule has 1 atom stereocenters. The van der Waals surface area contributed by atoms with Crippen LogP contribution < -0.4 is 9.46 Å². The lowest BCUT2D eigenvalue weighted by Gasteiger charge is -2.17.